The average Bonchev–Trinajstić information content (AvgIpc) is 2.46. The Bertz CT molecular complexity index is 462. The Kier molecular flexibility index (Phi) is 7.19. The minimum Gasteiger partial charge on any atom is -0.496 e. The van der Waals surface area contributed by atoms with Crippen LogP contribution in [-0.4, -0.2) is 47.9 Å². The van der Waals surface area contributed by atoms with Crippen LogP contribution < -0.4 is 4.74 Å². The van der Waals surface area contributed by atoms with Gasteiger partial charge in [-0.25, -0.2) is 0 Å². The predicted octanol–water partition coefficient (Wildman–Crippen LogP) is 2.22. The SMILES string of the molecule is CCN(CCCCO)[C@@H](C(=O)O)c1cc(C)ccc1OC. The minimum atomic E-state index is -0.884. The number of unbranched alkanes of at least 4 members (excludes halogenated alkanes) is 1. The highest BCUT2D eigenvalue weighted by Crippen LogP contribution is 2.30. The molecule has 0 spiro atoms. The number of carboxylic acids is 1. The number of carbonyl (C=O) groups is 1. The number of aryl methyl sites for hydroxylation is 1. The summed E-state index contributed by atoms with van der Waals surface area (Å²) in [5.41, 5.74) is 1.68. The number of aliphatic hydroxyl groups excluding tert-OH is 1. The van der Waals surface area contributed by atoms with Crippen LogP contribution >= 0.6 is 0 Å². The van der Waals surface area contributed by atoms with Crippen molar-refractivity contribution in [1.29, 1.82) is 0 Å². The summed E-state index contributed by atoms with van der Waals surface area (Å²) in [6.45, 7) is 5.26. The standard InChI is InChI=1S/C16H25NO4/c1-4-17(9-5-6-10-18)15(16(19)20)13-11-12(2)7-8-14(13)21-3/h7-8,11,15,18H,4-6,9-10H2,1-3H3,(H,19,20)/t15-/m1/s1. The fourth-order valence-corrected chi connectivity index (χ4v) is 2.45. The van der Waals surface area contributed by atoms with E-state index < -0.39 is 12.0 Å². The monoisotopic (exact) mass is 295 g/mol. The molecule has 2 N–H and O–H groups in total. The van der Waals surface area contributed by atoms with Crippen molar-refractivity contribution in [1.82, 2.24) is 4.90 Å². The zero-order chi connectivity index (χ0) is 15.8. The highest BCUT2D eigenvalue weighted by molar-refractivity contribution is 5.77. The zero-order valence-electron chi connectivity index (χ0n) is 13.0. The number of methoxy groups -OCH3 is 1. The summed E-state index contributed by atoms with van der Waals surface area (Å²) in [5.74, 6) is -0.293. The first-order chi connectivity index (χ1) is 10.0. The molecule has 0 aromatic heterocycles. The first-order valence-electron chi connectivity index (χ1n) is 7.27. The molecule has 1 aromatic rings. The van der Waals surface area contributed by atoms with Gasteiger partial charge in [-0.1, -0.05) is 24.6 Å². The van der Waals surface area contributed by atoms with Gasteiger partial charge in [-0.3, -0.25) is 9.69 Å². The Hall–Kier alpha value is -1.59. The molecule has 118 valence electrons. The topological polar surface area (TPSA) is 70.0 Å². The van der Waals surface area contributed by atoms with Crippen LogP contribution in [0.15, 0.2) is 18.2 Å². The molecule has 0 heterocycles. The van der Waals surface area contributed by atoms with Crippen molar-refractivity contribution in [2.75, 3.05) is 26.8 Å². The largest absolute Gasteiger partial charge is 0.496 e. The molecule has 0 aliphatic rings. The van der Waals surface area contributed by atoms with E-state index in [2.05, 4.69) is 0 Å². The van der Waals surface area contributed by atoms with E-state index in [-0.39, 0.29) is 6.61 Å². The molecule has 5 nitrogen and oxygen atoms in total. The third-order valence-electron chi connectivity index (χ3n) is 3.54. The summed E-state index contributed by atoms with van der Waals surface area (Å²) in [4.78, 5) is 13.7. The van der Waals surface area contributed by atoms with Gasteiger partial charge in [0.1, 0.15) is 11.8 Å². The molecule has 0 radical (unpaired) electrons. The molecular weight excluding hydrogens is 270 g/mol. The van der Waals surface area contributed by atoms with Gasteiger partial charge in [-0.2, -0.15) is 0 Å². The maximum Gasteiger partial charge on any atom is 0.325 e. The van der Waals surface area contributed by atoms with E-state index in [1.165, 1.54) is 0 Å². The molecule has 0 bridgehead atoms. The molecule has 0 unspecified atom stereocenters. The molecule has 0 amide bonds. The first kappa shape index (κ1) is 17.5. The molecular formula is C16H25NO4. The number of nitrogens with zero attached hydrogens (tertiary/aromatic N) is 1. The summed E-state index contributed by atoms with van der Waals surface area (Å²) in [5, 5.41) is 18.5. The molecule has 1 rings (SSSR count). The summed E-state index contributed by atoms with van der Waals surface area (Å²) < 4.78 is 5.32. The van der Waals surface area contributed by atoms with E-state index in [0.29, 0.717) is 30.8 Å². The maximum absolute atomic E-state index is 11.8. The maximum atomic E-state index is 11.8. The van der Waals surface area contributed by atoms with Gasteiger partial charge in [-0.05, 0) is 38.9 Å². The fourth-order valence-electron chi connectivity index (χ4n) is 2.45. The van der Waals surface area contributed by atoms with Crippen molar-refractivity contribution in [3.05, 3.63) is 29.3 Å². The van der Waals surface area contributed by atoms with Crippen LogP contribution in [-0.2, 0) is 4.79 Å². The first-order valence-corrected chi connectivity index (χ1v) is 7.27. The van der Waals surface area contributed by atoms with E-state index in [1.807, 2.05) is 36.9 Å². The van der Waals surface area contributed by atoms with Gasteiger partial charge in [0.05, 0.1) is 7.11 Å². The van der Waals surface area contributed by atoms with E-state index in [1.54, 1.807) is 7.11 Å². The highest BCUT2D eigenvalue weighted by atomic mass is 16.5. The van der Waals surface area contributed by atoms with Crippen molar-refractivity contribution >= 4 is 5.97 Å². The second kappa shape index (κ2) is 8.64. The van der Waals surface area contributed by atoms with Crippen molar-refractivity contribution in [3.8, 4) is 5.75 Å². The lowest BCUT2D eigenvalue weighted by atomic mass is 10.0. The van der Waals surface area contributed by atoms with Crippen LogP contribution in [0, 0.1) is 6.92 Å². The lowest BCUT2D eigenvalue weighted by molar-refractivity contribution is -0.143. The molecule has 0 aliphatic carbocycles. The van der Waals surface area contributed by atoms with Gasteiger partial charge in [0.2, 0.25) is 0 Å². The van der Waals surface area contributed by atoms with Crippen LogP contribution in [0.25, 0.3) is 0 Å². The smallest absolute Gasteiger partial charge is 0.325 e. The van der Waals surface area contributed by atoms with Crippen molar-refractivity contribution in [2.45, 2.75) is 32.7 Å². The van der Waals surface area contributed by atoms with Crippen molar-refractivity contribution in [2.24, 2.45) is 0 Å². The molecule has 0 aliphatic heterocycles. The van der Waals surface area contributed by atoms with E-state index >= 15 is 0 Å². The number of aliphatic carboxylic acids is 1. The molecule has 0 saturated heterocycles. The Morgan fingerprint density at radius 2 is 2.10 bits per heavy atom. The van der Waals surface area contributed by atoms with Crippen LogP contribution in [0.4, 0.5) is 0 Å². The lowest BCUT2D eigenvalue weighted by Gasteiger charge is -2.29. The Labute approximate surface area is 126 Å². The second-order valence-electron chi connectivity index (χ2n) is 5.05. The second-order valence-corrected chi connectivity index (χ2v) is 5.05. The number of carboxylic acid groups (broad SMARTS) is 1. The van der Waals surface area contributed by atoms with E-state index in [0.717, 1.165) is 12.0 Å². The van der Waals surface area contributed by atoms with Crippen LogP contribution in [0.5, 0.6) is 5.75 Å². The molecule has 0 saturated carbocycles. The zero-order valence-corrected chi connectivity index (χ0v) is 13.0. The fraction of sp³-hybridized carbons (Fsp3) is 0.562. The Morgan fingerprint density at radius 1 is 1.38 bits per heavy atom. The van der Waals surface area contributed by atoms with Crippen molar-refractivity contribution < 1.29 is 19.7 Å². The van der Waals surface area contributed by atoms with E-state index in [9.17, 15) is 9.90 Å². The molecule has 0 fully saturated rings. The lowest BCUT2D eigenvalue weighted by Crippen LogP contribution is -2.35. The molecule has 5 heteroatoms. The number of hydrogen-bond donors (Lipinski definition) is 2. The third kappa shape index (κ3) is 4.72. The van der Waals surface area contributed by atoms with Gasteiger partial charge in [0, 0.05) is 12.2 Å². The van der Waals surface area contributed by atoms with Gasteiger partial charge in [0.25, 0.3) is 0 Å². The average molecular weight is 295 g/mol. The van der Waals surface area contributed by atoms with Gasteiger partial charge in [-0.15, -0.1) is 0 Å². The summed E-state index contributed by atoms with van der Waals surface area (Å²) in [6.07, 6.45) is 1.44. The Balaban J connectivity index is 3.09. The normalized spacial score (nSPS) is 12.4. The summed E-state index contributed by atoms with van der Waals surface area (Å²) in [7, 11) is 1.55. The van der Waals surface area contributed by atoms with Crippen LogP contribution in [0.2, 0.25) is 0 Å². The number of hydrogen-bond acceptors (Lipinski definition) is 4. The summed E-state index contributed by atoms with van der Waals surface area (Å²) in [6, 6.07) is 4.85. The quantitative estimate of drug-likeness (QED) is 0.684. The third-order valence-corrected chi connectivity index (χ3v) is 3.54. The van der Waals surface area contributed by atoms with Crippen molar-refractivity contribution in [3.63, 3.8) is 0 Å². The number of rotatable bonds is 9. The number of likely N-dealkylation sites (N-methyl/N-ethyl adjacent to an activating group) is 1. The van der Waals surface area contributed by atoms with Crippen LogP contribution in [0.3, 0.4) is 0 Å². The van der Waals surface area contributed by atoms with Crippen LogP contribution in [0.1, 0.15) is 36.9 Å². The number of ether oxygens (including phenoxy) is 1. The van der Waals surface area contributed by atoms with Gasteiger partial charge < -0.3 is 14.9 Å². The minimum absolute atomic E-state index is 0.128. The van der Waals surface area contributed by atoms with Gasteiger partial charge >= 0.3 is 5.97 Å². The number of benzene rings is 1. The highest BCUT2D eigenvalue weighted by Gasteiger charge is 2.28. The number of aliphatic hydroxyl groups is 1. The predicted molar refractivity (Wildman–Crippen MR) is 81.7 cm³/mol. The summed E-state index contributed by atoms with van der Waals surface area (Å²) >= 11 is 0. The molecule has 1 aromatic carbocycles. The Morgan fingerprint density at radius 3 is 2.62 bits per heavy atom. The molecule has 1 atom stereocenters. The van der Waals surface area contributed by atoms with E-state index in [4.69, 9.17) is 9.84 Å². The van der Waals surface area contributed by atoms with Gasteiger partial charge in [0.15, 0.2) is 0 Å². The molecule has 21 heavy (non-hydrogen) atoms.